The summed E-state index contributed by atoms with van der Waals surface area (Å²) in [6.45, 7) is 5.38. The summed E-state index contributed by atoms with van der Waals surface area (Å²) in [6, 6.07) is 8.47. The zero-order valence-corrected chi connectivity index (χ0v) is 20.6. The average Bonchev–Trinajstić information content (AvgIpc) is 3.06. The van der Waals surface area contributed by atoms with Crippen molar-refractivity contribution in [1.82, 2.24) is 5.32 Å². The molecule has 1 saturated heterocycles. The van der Waals surface area contributed by atoms with Crippen LogP contribution in [0.25, 0.3) is 0 Å². The quantitative estimate of drug-likeness (QED) is 0.602. The highest BCUT2D eigenvalue weighted by molar-refractivity contribution is 9.11. The lowest BCUT2D eigenvalue weighted by molar-refractivity contribution is -0.121. The van der Waals surface area contributed by atoms with Crippen molar-refractivity contribution in [3.05, 3.63) is 39.7 Å². The number of rotatable bonds is 5. The number of carbonyl (C=O) groups excluding carboxylic acids is 2. The summed E-state index contributed by atoms with van der Waals surface area (Å²) in [6.07, 6.45) is 0.742. The van der Waals surface area contributed by atoms with Crippen LogP contribution >= 0.6 is 27.3 Å². The Morgan fingerprint density at radius 1 is 1.19 bits per heavy atom. The van der Waals surface area contributed by atoms with E-state index in [0.717, 1.165) is 15.8 Å². The Morgan fingerprint density at radius 3 is 2.55 bits per heavy atom. The molecule has 2 N–H and O–H groups in total. The molecule has 8 nitrogen and oxygen atoms in total. The Bertz CT molecular complexity index is 1100. The fourth-order valence-electron chi connectivity index (χ4n) is 3.14. The lowest BCUT2D eigenvalue weighted by Crippen LogP contribution is -2.53. The van der Waals surface area contributed by atoms with Crippen molar-refractivity contribution in [2.45, 2.75) is 39.2 Å². The Labute approximate surface area is 194 Å². The van der Waals surface area contributed by atoms with Crippen LogP contribution in [0.5, 0.6) is 5.06 Å². The summed E-state index contributed by atoms with van der Waals surface area (Å²) >= 11 is 4.55. The number of carbonyl (C=O) groups is 2. The van der Waals surface area contributed by atoms with E-state index in [0.29, 0.717) is 29.4 Å². The number of thiophene rings is 1. The van der Waals surface area contributed by atoms with E-state index in [-0.39, 0.29) is 5.75 Å². The lowest BCUT2D eigenvalue weighted by atomic mass is 10.0. The number of nitrogens with zero attached hydrogens (tertiary/aromatic N) is 1. The number of hydrogen-bond acceptors (Lipinski definition) is 6. The molecule has 2 aromatic rings. The van der Waals surface area contributed by atoms with Crippen LogP contribution in [0.2, 0.25) is 0 Å². The Hall–Kier alpha value is -2.11. The van der Waals surface area contributed by atoms with Gasteiger partial charge in [0.2, 0.25) is 15.9 Å². The topological polar surface area (TPSA) is 105 Å². The Balaban J connectivity index is 1.66. The van der Waals surface area contributed by atoms with Crippen molar-refractivity contribution in [3.63, 3.8) is 0 Å². The first-order valence-electron chi connectivity index (χ1n) is 9.66. The van der Waals surface area contributed by atoms with Crippen molar-refractivity contribution in [3.8, 4) is 5.06 Å². The Morgan fingerprint density at radius 2 is 1.94 bits per heavy atom. The summed E-state index contributed by atoms with van der Waals surface area (Å²) in [7, 11) is -3.31. The zero-order valence-electron chi connectivity index (χ0n) is 17.4. The molecule has 1 aromatic heterocycles. The minimum atomic E-state index is -3.31. The third-order valence-electron chi connectivity index (χ3n) is 4.80. The van der Waals surface area contributed by atoms with Crippen LogP contribution in [0.1, 0.15) is 32.3 Å². The third kappa shape index (κ3) is 5.78. The number of benzene rings is 1. The number of ether oxygens (including phenoxy) is 1. The normalized spacial score (nSPS) is 15.9. The molecule has 0 unspecified atom stereocenters. The van der Waals surface area contributed by atoms with Gasteiger partial charge in [-0.15, -0.1) is 0 Å². The van der Waals surface area contributed by atoms with Crippen LogP contribution in [0, 0.1) is 6.92 Å². The first kappa shape index (κ1) is 23.6. The van der Waals surface area contributed by atoms with E-state index >= 15 is 0 Å². The number of nitrogens with one attached hydrogen (secondary N) is 2. The van der Waals surface area contributed by atoms with E-state index in [1.54, 1.807) is 51.1 Å². The molecule has 0 atom stereocenters. The van der Waals surface area contributed by atoms with Crippen LogP contribution in [0.3, 0.4) is 0 Å². The maximum absolute atomic E-state index is 12.7. The Kier molecular flexibility index (Phi) is 6.97. The van der Waals surface area contributed by atoms with Gasteiger partial charge >= 0.3 is 6.09 Å². The molecule has 168 valence electrons. The van der Waals surface area contributed by atoms with E-state index in [1.807, 2.05) is 0 Å². The molecular weight excluding hydrogens is 506 g/mol. The van der Waals surface area contributed by atoms with Crippen LogP contribution in [-0.2, 0) is 14.8 Å². The minimum absolute atomic E-state index is 0.142. The molecule has 0 bridgehead atoms. The van der Waals surface area contributed by atoms with Gasteiger partial charge in [-0.3, -0.25) is 9.10 Å². The molecule has 1 fully saturated rings. The van der Waals surface area contributed by atoms with Crippen LogP contribution in [0.4, 0.5) is 16.2 Å². The number of aryl methyl sites for hydroxylation is 1. The van der Waals surface area contributed by atoms with Crippen LogP contribution < -0.4 is 19.7 Å². The molecule has 0 radical (unpaired) electrons. The molecule has 0 spiro atoms. The number of amides is 2. The zero-order chi connectivity index (χ0) is 22.8. The molecule has 3 rings (SSSR count). The number of anilines is 2. The van der Waals surface area contributed by atoms with Crippen LogP contribution in [-0.4, -0.2) is 38.3 Å². The molecule has 0 saturated carbocycles. The second kappa shape index (κ2) is 9.17. The van der Waals surface area contributed by atoms with Gasteiger partial charge in [0.1, 0.15) is 5.54 Å². The van der Waals surface area contributed by atoms with Crippen LogP contribution in [0.15, 0.2) is 34.1 Å². The van der Waals surface area contributed by atoms with Crippen molar-refractivity contribution >= 4 is 60.7 Å². The van der Waals surface area contributed by atoms with Gasteiger partial charge in [-0.05, 0) is 85.4 Å². The van der Waals surface area contributed by atoms with Gasteiger partial charge in [0, 0.05) is 12.2 Å². The van der Waals surface area contributed by atoms with Gasteiger partial charge in [0.25, 0.3) is 0 Å². The summed E-state index contributed by atoms with van der Waals surface area (Å²) in [5.74, 6) is -0.293. The third-order valence-corrected chi connectivity index (χ3v) is 8.15. The molecule has 11 heteroatoms. The smallest absolute Gasteiger partial charge is 0.399 e. The second-order valence-corrected chi connectivity index (χ2v) is 12.2. The average molecular weight is 530 g/mol. The van der Waals surface area contributed by atoms with Crippen molar-refractivity contribution in [2.75, 3.05) is 21.9 Å². The summed E-state index contributed by atoms with van der Waals surface area (Å²) in [5.41, 5.74) is 0.609. The van der Waals surface area contributed by atoms with Gasteiger partial charge in [0.15, 0.2) is 5.06 Å². The summed E-state index contributed by atoms with van der Waals surface area (Å²) < 4.78 is 32.2. The lowest BCUT2D eigenvalue weighted by Gasteiger charge is -2.30. The second-order valence-electron chi connectivity index (χ2n) is 7.75. The predicted molar refractivity (Wildman–Crippen MR) is 125 cm³/mol. The van der Waals surface area contributed by atoms with E-state index in [2.05, 4.69) is 26.6 Å². The highest BCUT2D eigenvalue weighted by Crippen LogP contribution is 2.30. The summed E-state index contributed by atoms with van der Waals surface area (Å²) in [4.78, 5) is 24.9. The van der Waals surface area contributed by atoms with Gasteiger partial charge in [0.05, 0.1) is 15.2 Å². The molecule has 2 amide bonds. The molecule has 1 aromatic carbocycles. The van der Waals surface area contributed by atoms with E-state index in [9.17, 15) is 18.0 Å². The van der Waals surface area contributed by atoms with Gasteiger partial charge in [-0.25, -0.2) is 13.2 Å². The fourth-order valence-corrected chi connectivity index (χ4v) is 6.03. The van der Waals surface area contributed by atoms with E-state index < -0.39 is 27.6 Å². The van der Waals surface area contributed by atoms with Gasteiger partial charge < -0.3 is 15.4 Å². The highest BCUT2D eigenvalue weighted by atomic mass is 79.9. The maximum atomic E-state index is 12.7. The van der Waals surface area contributed by atoms with Crippen molar-refractivity contribution in [1.29, 1.82) is 0 Å². The first-order valence-corrected chi connectivity index (χ1v) is 12.9. The monoisotopic (exact) mass is 529 g/mol. The summed E-state index contributed by atoms with van der Waals surface area (Å²) in [5, 5.41) is 5.72. The first-order chi connectivity index (χ1) is 14.5. The molecule has 0 aliphatic carbocycles. The SMILES string of the molecule is Cc1cc(NC(=O)C(C)(C)NC(=O)Oc2ccc(Br)s2)ccc1N1CCCCS1(=O)=O. The fraction of sp³-hybridized carbons (Fsp3) is 0.400. The van der Waals surface area contributed by atoms with E-state index in [4.69, 9.17) is 4.74 Å². The predicted octanol–water partition coefficient (Wildman–Crippen LogP) is 4.25. The standard InChI is InChI=1S/C20H24BrN3O5S2/c1-13-12-14(6-7-15(13)24-10-4-5-11-31(24,27)28)22-18(25)20(2,3)23-19(26)29-17-9-8-16(21)30-17/h6-9,12H,4-5,10-11H2,1-3H3,(H,22,25)(H,23,26). The maximum Gasteiger partial charge on any atom is 0.414 e. The number of halogens is 1. The van der Waals surface area contributed by atoms with Crippen molar-refractivity contribution in [2.24, 2.45) is 0 Å². The number of hydrogen-bond donors (Lipinski definition) is 2. The molecular formula is C20H24BrN3O5S2. The largest absolute Gasteiger partial charge is 0.414 e. The number of sulfonamides is 1. The van der Waals surface area contributed by atoms with Gasteiger partial charge in [-0.2, -0.15) is 0 Å². The molecule has 2 heterocycles. The molecule has 31 heavy (non-hydrogen) atoms. The highest BCUT2D eigenvalue weighted by Gasteiger charge is 2.31. The molecule has 1 aliphatic rings. The van der Waals surface area contributed by atoms with E-state index in [1.165, 1.54) is 15.6 Å². The van der Waals surface area contributed by atoms with Gasteiger partial charge in [-0.1, -0.05) is 11.3 Å². The minimum Gasteiger partial charge on any atom is -0.399 e. The molecule has 1 aliphatic heterocycles. The van der Waals surface area contributed by atoms with Crippen molar-refractivity contribution < 1.29 is 22.7 Å².